The van der Waals surface area contributed by atoms with Gasteiger partial charge in [-0.05, 0) is 75.8 Å². The molecule has 0 fully saturated rings. The molecule has 0 atom stereocenters. The van der Waals surface area contributed by atoms with Gasteiger partial charge in [0.1, 0.15) is 0 Å². The summed E-state index contributed by atoms with van der Waals surface area (Å²) >= 11 is 3.75. The van der Waals surface area contributed by atoms with Crippen LogP contribution in [0.3, 0.4) is 0 Å². The van der Waals surface area contributed by atoms with Crippen LogP contribution in [-0.2, 0) is 5.41 Å². The van der Waals surface area contributed by atoms with Gasteiger partial charge in [0, 0.05) is 20.9 Å². The van der Waals surface area contributed by atoms with Crippen molar-refractivity contribution < 1.29 is 0 Å². The molecule has 0 saturated carbocycles. The lowest BCUT2D eigenvalue weighted by Gasteiger charge is -2.34. The molecule has 0 aliphatic heterocycles. The average Bonchev–Trinajstić information content (AvgIpc) is 3.48. The lowest BCUT2D eigenvalue weighted by molar-refractivity contribution is 0.770. The van der Waals surface area contributed by atoms with Crippen LogP contribution in [0.5, 0.6) is 0 Å². The first-order chi connectivity index (χ1) is 19.3. The first-order valence-corrected chi connectivity index (χ1v) is 14.1. The van der Waals surface area contributed by atoms with E-state index in [1.54, 1.807) is 0 Å². The molecule has 1 heterocycles. The second kappa shape index (κ2) is 8.56. The van der Waals surface area contributed by atoms with E-state index in [-0.39, 0.29) is 0 Å². The molecule has 0 amide bonds. The minimum Gasteiger partial charge on any atom is -0.309 e. The highest BCUT2D eigenvalue weighted by atomic mass is 79.9. The Labute approximate surface area is 236 Å². The van der Waals surface area contributed by atoms with Crippen LogP contribution in [0.1, 0.15) is 22.3 Å². The number of fused-ring (bicyclic) bond motifs is 6. The maximum Gasteiger partial charge on any atom is 0.0713 e. The first kappa shape index (κ1) is 22.6. The van der Waals surface area contributed by atoms with Gasteiger partial charge in [-0.1, -0.05) is 119 Å². The van der Waals surface area contributed by atoms with Crippen molar-refractivity contribution in [2.75, 3.05) is 0 Å². The maximum absolute atomic E-state index is 3.75. The fourth-order valence-corrected chi connectivity index (χ4v) is 7.16. The highest BCUT2D eigenvalue weighted by molar-refractivity contribution is 9.10. The van der Waals surface area contributed by atoms with E-state index in [1.165, 1.54) is 60.9 Å². The summed E-state index contributed by atoms with van der Waals surface area (Å²) in [6.45, 7) is 0. The molecule has 1 aromatic heterocycles. The Morgan fingerprint density at radius 1 is 0.462 bits per heavy atom. The van der Waals surface area contributed by atoms with Gasteiger partial charge in [0.25, 0.3) is 0 Å². The fraction of sp³-hybridized carbons (Fsp3) is 0.0270. The highest BCUT2D eigenvalue weighted by Gasteiger charge is 2.45. The topological polar surface area (TPSA) is 4.93 Å². The Bertz CT molecular complexity index is 1970. The fourth-order valence-electron chi connectivity index (χ4n) is 6.80. The van der Waals surface area contributed by atoms with Gasteiger partial charge in [-0.2, -0.15) is 0 Å². The molecule has 8 rings (SSSR count). The average molecular weight is 563 g/mol. The van der Waals surface area contributed by atoms with Crippen molar-refractivity contribution >= 4 is 37.7 Å². The molecule has 184 valence electrons. The molecule has 1 aliphatic rings. The Morgan fingerprint density at radius 2 is 1.00 bits per heavy atom. The Kier molecular flexibility index (Phi) is 4.95. The molecule has 0 N–H and O–H groups in total. The summed E-state index contributed by atoms with van der Waals surface area (Å²) in [7, 11) is 0. The third kappa shape index (κ3) is 3.13. The van der Waals surface area contributed by atoms with Gasteiger partial charge in [-0.3, -0.25) is 0 Å². The predicted octanol–water partition coefficient (Wildman–Crippen LogP) is 9.91. The third-order valence-electron chi connectivity index (χ3n) is 8.33. The van der Waals surface area contributed by atoms with Gasteiger partial charge in [0.05, 0.1) is 16.4 Å². The number of para-hydroxylation sites is 1. The standard InChI is InChI=1S/C37H24BrN/c38-27-20-22-36-32(24-27)31-23-26(19-21-35(31)39(36)28-13-5-2-6-14-28)37(25-11-3-1-4-12-25)33-17-9-7-15-29(33)30-16-8-10-18-34(30)37/h1-24H. The zero-order valence-electron chi connectivity index (χ0n) is 21.2. The molecule has 7 aromatic rings. The molecule has 0 bridgehead atoms. The van der Waals surface area contributed by atoms with Crippen molar-refractivity contribution in [2.24, 2.45) is 0 Å². The van der Waals surface area contributed by atoms with Crippen LogP contribution in [0, 0.1) is 0 Å². The van der Waals surface area contributed by atoms with E-state index in [0.717, 1.165) is 4.47 Å². The van der Waals surface area contributed by atoms with Gasteiger partial charge < -0.3 is 4.57 Å². The van der Waals surface area contributed by atoms with E-state index in [0.29, 0.717) is 0 Å². The van der Waals surface area contributed by atoms with Crippen LogP contribution >= 0.6 is 15.9 Å². The highest BCUT2D eigenvalue weighted by Crippen LogP contribution is 2.56. The van der Waals surface area contributed by atoms with E-state index in [2.05, 4.69) is 166 Å². The second-order valence-electron chi connectivity index (χ2n) is 10.3. The van der Waals surface area contributed by atoms with Crippen LogP contribution < -0.4 is 0 Å². The van der Waals surface area contributed by atoms with Crippen LogP contribution in [0.15, 0.2) is 150 Å². The Balaban J connectivity index is 1.52. The number of benzene rings is 6. The van der Waals surface area contributed by atoms with Crippen LogP contribution in [-0.4, -0.2) is 4.57 Å². The van der Waals surface area contributed by atoms with Crippen molar-refractivity contribution in [1.82, 2.24) is 4.57 Å². The second-order valence-corrected chi connectivity index (χ2v) is 11.2. The summed E-state index contributed by atoms with van der Waals surface area (Å²) < 4.78 is 3.47. The molecular formula is C37H24BrN. The van der Waals surface area contributed by atoms with E-state index in [9.17, 15) is 0 Å². The first-order valence-electron chi connectivity index (χ1n) is 13.3. The third-order valence-corrected chi connectivity index (χ3v) is 8.83. The summed E-state index contributed by atoms with van der Waals surface area (Å²) in [5.74, 6) is 0. The molecule has 6 aromatic carbocycles. The predicted molar refractivity (Wildman–Crippen MR) is 166 cm³/mol. The molecule has 0 saturated heterocycles. The van der Waals surface area contributed by atoms with E-state index in [1.807, 2.05) is 0 Å². The Morgan fingerprint density at radius 3 is 1.67 bits per heavy atom. The summed E-state index contributed by atoms with van der Waals surface area (Å²) in [6.07, 6.45) is 0. The van der Waals surface area contributed by atoms with Crippen LogP contribution in [0.25, 0.3) is 38.6 Å². The summed E-state index contributed by atoms with van der Waals surface area (Å²) in [6, 6.07) is 53.2. The van der Waals surface area contributed by atoms with E-state index >= 15 is 0 Å². The van der Waals surface area contributed by atoms with Gasteiger partial charge >= 0.3 is 0 Å². The Hall–Kier alpha value is -4.40. The van der Waals surface area contributed by atoms with Gasteiger partial charge in [-0.15, -0.1) is 0 Å². The van der Waals surface area contributed by atoms with Crippen LogP contribution in [0.2, 0.25) is 0 Å². The monoisotopic (exact) mass is 561 g/mol. The van der Waals surface area contributed by atoms with Crippen molar-refractivity contribution in [3.8, 4) is 16.8 Å². The number of hydrogen-bond acceptors (Lipinski definition) is 0. The van der Waals surface area contributed by atoms with Gasteiger partial charge in [0.15, 0.2) is 0 Å². The van der Waals surface area contributed by atoms with E-state index in [4.69, 9.17) is 0 Å². The minimum atomic E-state index is -0.407. The van der Waals surface area contributed by atoms with Crippen molar-refractivity contribution in [3.05, 3.63) is 172 Å². The van der Waals surface area contributed by atoms with Crippen molar-refractivity contribution in [2.45, 2.75) is 5.41 Å². The largest absolute Gasteiger partial charge is 0.309 e. The minimum absolute atomic E-state index is 0.407. The maximum atomic E-state index is 3.75. The summed E-state index contributed by atoms with van der Waals surface area (Å²) in [5, 5.41) is 2.50. The smallest absolute Gasteiger partial charge is 0.0713 e. The summed E-state index contributed by atoms with van der Waals surface area (Å²) in [5.41, 5.74) is 11.0. The van der Waals surface area contributed by atoms with Gasteiger partial charge in [-0.25, -0.2) is 0 Å². The molecule has 0 radical (unpaired) electrons. The number of hydrogen-bond donors (Lipinski definition) is 0. The molecule has 39 heavy (non-hydrogen) atoms. The normalized spacial score (nSPS) is 13.5. The van der Waals surface area contributed by atoms with Gasteiger partial charge in [0.2, 0.25) is 0 Å². The SMILES string of the molecule is Brc1ccc2c(c1)c1cc(C3(c4ccccc4)c4ccccc4-c4ccccc43)ccc1n2-c1ccccc1. The van der Waals surface area contributed by atoms with Crippen LogP contribution in [0.4, 0.5) is 0 Å². The molecule has 1 aliphatic carbocycles. The number of nitrogens with zero attached hydrogens (tertiary/aromatic N) is 1. The van der Waals surface area contributed by atoms with E-state index < -0.39 is 5.41 Å². The quantitative estimate of drug-likeness (QED) is 0.202. The lowest BCUT2D eigenvalue weighted by Crippen LogP contribution is -2.28. The molecule has 0 unspecified atom stereocenters. The number of aromatic nitrogens is 1. The zero-order chi connectivity index (χ0) is 26.0. The molecule has 0 spiro atoms. The van der Waals surface area contributed by atoms with Crippen molar-refractivity contribution in [1.29, 1.82) is 0 Å². The lowest BCUT2D eigenvalue weighted by atomic mass is 9.67. The number of rotatable bonds is 3. The zero-order valence-corrected chi connectivity index (χ0v) is 22.8. The number of halogens is 1. The molecular weight excluding hydrogens is 538 g/mol. The summed E-state index contributed by atoms with van der Waals surface area (Å²) in [4.78, 5) is 0. The van der Waals surface area contributed by atoms with Crippen molar-refractivity contribution in [3.63, 3.8) is 0 Å². The molecule has 1 nitrogen and oxygen atoms in total. The molecule has 2 heteroatoms.